The van der Waals surface area contributed by atoms with Gasteiger partial charge in [-0.25, -0.2) is 0 Å². The van der Waals surface area contributed by atoms with Crippen LogP contribution < -0.4 is 11.1 Å². The van der Waals surface area contributed by atoms with Gasteiger partial charge in [0, 0.05) is 18.5 Å². The first kappa shape index (κ1) is 17.0. The van der Waals surface area contributed by atoms with E-state index in [-0.39, 0.29) is 24.2 Å². The van der Waals surface area contributed by atoms with Crippen molar-refractivity contribution in [1.29, 1.82) is 0 Å². The molecule has 0 heterocycles. The topological polar surface area (TPSA) is 55.1 Å². The second-order valence-electron chi connectivity index (χ2n) is 5.67. The van der Waals surface area contributed by atoms with Crippen LogP contribution in [0.25, 0.3) is 0 Å². The zero-order valence-electron chi connectivity index (χ0n) is 12.0. The Morgan fingerprint density at radius 3 is 2.45 bits per heavy atom. The molecule has 0 aromatic heterocycles. The molecule has 3 N–H and O–H groups in total. The van der Waals surface area contributed by atoms with Crippen molar-refractivity contribution in [2.45, 2.75) is 44.6 Å². The minimum atomic E-state index is 0. The number of hydrogen-bond acceptors (Lipinski definition) is 2. The number of carbonyl (C=O) groups excluding carboxylic acids is 1. The molecular formula is C16H25ClN2O. The molecule has 0 radical (unpaired) electrons. The van der Waals surface area contributed by atoms with Crippen molar-refractivity contribution in [2.75, 3.05) is 6.54 Å². The molecule has 2 rings (SSSR count). The van der Waals surface area contributed by atoms with Crippen LogP contribution in [0.1, 0.15) is 44.1 Å². The summed E-state index contributed by atoms with van der Waals surface area (Å²) in [6.07, 6.45) is 3.83. The standard InChI is InChI=1S/C16H24N2O.ClH/c1-12(13-5-3-2-4-6-13)11-18-16(19)14-7-9-15(17)10-8-14;/h2-6,12,14-15H,7-11,17H2,1H3,(H,18,19);1H/t12-,14?,15?;/m0./s1. The average Bonchev–Trinajstić information content (AvgIpc) is 2.46. The molecule has 1 fully saturated rings. The van der Waals surface area contributed by atoms with Gasteiger partial charge in [-0.1, -0.05) is 37.3 Å². The molecule has 1 aromatic carbocycles. The minimum Gasteiger partial charge on any atom is -0.355 e. The summed E-state index contributed by atoms with van der Waals surface area (Å²) < 4.78 is 0. The molecule has 1 aliphatic carbocycles. The van der Waals surface area contributed by atoms with Gasteiger partial charge in [0.15, 0.2) is 0 Å². The van der Waals surface area contributed by atoms with Crippen LogP contribution in [0.2, 0.25) is 0 Å². The summed E-state index contributed by atoms with van der Waals surface area (Å²) in [5.74, 6) is 0.730. The van der Waals surface area contributed by atoms with Gasteiger partial charge in [-0.05, 0) is 37.2 Å². The highest BCUT2D eigenvalue weighted by atomic mass is 35.5. The van der Waals surface area contributed by atoms with Gasteiger partial charge in [0.1, 0.15) is 0 Å². The lowest BCUT2D eigenvalue weighted by Crippen LogP contribution is -2.37. The van der Waals surface area contributed by atoms with Crippen LogP contribution in [0.15, 0.2) is 30.3 Å². The van der Waals surface area contributed by atoms with Crippen molar-refractivity contribution < 1.29 is 4.79 Å². The third-order valence-electron chi connectivity index (χ3n) is 4.09. The largest absolute Gasteiger partial charge is 0.355 e. The van der Waals surface area contributed by atoms with Crippen LogP contribution in [-0.4, -0.2) is 18.5 Å². The van der Waals surface area contributed by atoms with Crippen LogP contribution in [0, 0.1) is 5.92 Å². The van der Waals surface area contributed by atoms with E-state index >= 15 is 0 Å². The summed E-state index contributed by atoms with van der Waals surface area (Å²) in [7, 11) is 0. The Hall–Kier alpha value is -1.06. The molecule has 1 atom stereocenters. The lowest BCUT2D eigenvalue weighted by molar-refractivity contribution is -0.126. The van der Waals surface area contributed by atoms with Crippen molar-refractivity contribution in [3.05, 3.63) is 35.9 Å². The first-order valence-corrected chi connectivity index (χ1v) is 7.25. The SMILES string of the molecule is C[C@@H](CNC(=O)C1CCC(N)CC1)c1ccccc1.Cl. The molecule has 1 saturated carbocycles. The molecule has 0 spiro atoms. The van der Waals surface area contributed by atoms with Gasteiger partial charge in [-0.3, -0.25) is 4.79 Å². The van der Waals surface area contributed by atoms with Crippen molar-refractivity contribution in [2.24, 2.45) is 11.7 Å². The fraction of sp³-hybridized carbons (Fsp3) is 0.562. The maximum absolute atomic E-state index is 12.1. The van der Waals surface area contributed by atoms with Crippen LogP contribution in [-0.2, 0) is 4.79 Å². The zero-order chi connectivity index (χ0) is 13.7. The molecule has 3 nitrogen and oxygen atoms in total. The molecule has 4 heteroatoms. The van der Waals surface area contributed by atoms with Gasteiger partial charge in [0.25, 0.3) is 0 Å². The molecule has 0 saturated heterocycles. The Bertz CT molecular complexity index is 402. The highest BCUT2D eigenvalue weighted by Crippen LogP contribution is 2.23. The number of amides is 1. The highest BCUT2D eigenvalue weighted by Gasteiger charge is 2.24. The number of hydrogen-bond donors (Lipinski definition) is 2. The predicted octanol–water partition coefficient (Wildman–Crippen LogP) is 2.85. The van der Waals surface area contributed by atoms with Crippen LogP contribution >= 0.6 is 12.4 Å². The van der Waals surface area contributed by atoms with Gasteiger partial charge >= 0.3 is 0 Å². The lowest BCUT2D eigenvalue weighted by atomic mass is 9.86. The Morgan fingerprint density at radius 2 is 1.85 bits per heavy atom. The smallest absolute Gasteiger partial charge is 0.223 e. The van der Waals surface area contributed by atoms with E-state index in [1.165, 1.54) is 5.56 Å². The molecule has 0 aliphatic heterocycles. The number of benzene rings is 1. The lowest BCUT2D eigenvalue weighted by Gasteiger charge is -2.25. The Morgan fingerprint density at radius 1 is 1.25 bits per heavy atom. The highest BCUT2D eigenvalue weighted by molar-refractivity contribution is 5.85. The molecule has 0 unspecified atom stereocenters. The number of nitrogens with one attached hydrogen (secondary N) is 1. The van der Waals surface area contributed by atoms with E-state index in [0.29, 0.717) is 18.5 Å². The summed E-state index contributed by atoms with van der Waals surface area (Å²) in [4.78, 5) is 12.1. The molecule has 112 valence electrons. The van der Waals surface area contributed by atoms with Crippen LogP contribution in [0.4, 0.5) is 0 Å². The summed E-state index contributed by atoms with van der Waals surface area (Å²) in [6.45, 7) is 2.86. The first-order valence-electron chi connectivity index (χ1n) is 7.25. The summed E-state index contributed by atoms with van der Waals surface area (Å²) in [5, 5.41) is 3.09. The fourth-order valence-corrected chi connectivity index (χ4v) is 2.68. The Labute approximate surface area is 127 Å². The first-order chi connectivity index (χ1) is 9.16. The number of halogens is 1. The van der Waals surface area contributed by atoms with E-state index in [9.17, 15) is 4.79 Å². The number of carbonyl (C=O) groups is 1. The van der Waals surface area contributed by atoms with Crippen LogP contribution in [0.3, 0.4) is 0 Å². The van der Waals surface area contributed by atoms with Crippen molar-refractivity contribution in [3.8, 4) is 0 Å². The van der Waals surface area contributed by atoms with Gasteiger partial charge in [-0.15, -0.1) is 12.4 Å². The average molecular weight is 297 g/mol. The maximum atomic E-state index is 12.1. The fourth-order valence-electron chi connectivity index (χ4n) is 2.68. The molecular weight excluding hydrogens is 272 g/mol. The van der Waals surface area contributed by atoms with Crippen molar-refractivity contribution >= 4 is 18.3 Å². The normalized spacial score (nSPS) is 23.5. The summed E-state index contributed by atoms with van der Waals surface area (Å²) in [6, 6.07) is 10.6. The van der Waals surface area contributed by atoms with Gasteiger partial charge in [0.2, 0.25) is 5.91 Å². The zero-order valence-corrected chi connectivity index (χ0v) is 12.9. The summed E-state index contributed by atoms with van der Waals surface area (Å²) in [5.41, 5.74) is 7.14. The molecule has 1 aliphatic rings. The van der Waals surface area contributed by atoms with E-state index in [1.54, 1.807) is 0 Å². The maximum Gasteiger partial charge on any atom is 0.223 e. The van der Waals surface area contributed by atoms with Gasteiger partial charge in [-0.2, -0.15) is 0 Å². The molecule has 1 aromatic rings. The third kappa shape index (κ3) is 4.80. The minimum absolute atomic E-state index is 0. The summed E-state index contributed by atoms with van der Waals surface area (Å²) >= 11 is 0. The molecule has 1 amide bonds. The molecule has 0 bridgehead atoms. The van der Waals surface area contributed by atoms with Crippen molar-refractivity contribution in [3.63, 3.8) is 0 Å². The van der Waals surface area contributed by atoms with Crippen molar-refractivity contribution in [1.82, 2.24) is 5.32 Å². The molecule has 20 heavy (non-hydrogen) atoms. The quantitative estimate of drug-likeness (QED) is 0.897. The van der Waals surface area contributed by atoms with Gasteiger partial charge < -0.3 is 11.1 Å². The monoisotopic (exact) mass is 296 g/mol. The second-order valence-corrected chi connectivity index (χ2v) is 5.67. The number of rotatable bonds is 4. The Balaban J connectivity index is 0.00000200. The third-order valence-corrected chi connectivity index (χ3v) is 4.09. The van der Waals surface area contributed by atoms with E-state index in [4.69, 9.17) is 5.73 Å². The van der Waals surface area contributed by atoms with Crippen LogP contribution in [0.5, 0.6) is 0 Å². The second kappa shape index (κ2) is 8.28. The Kier molecular flexibility index (Phi) is 7.03. The van der Waals surface area contributed by atoms with E-state index < -0.39 is 0 Å². The van der Waals surface area contributed by atoms with Gasteiger partial charge in [0.05, 0.1) is 0 Å². The predicted molar refractivity (Wildman–Crippen MR) is 85.0 cm³/mol. The van der Waals surface area contributed by atoms with E-state index in [0.717, 1.165) is 25.7 Å². The number of nitrogens with two attached hydrogens (primary N) is 1. The van der Waals surface area contributed by atoms with E-state index in [1.807, 2.05) is 18.2 Å². The van der Waals surface area contributed by atoms with E-state index in [2.05, 4.69) is 24.4 Å².